The molecule has 3 heteroatoms. The van der Waals surface area contributed by atoms with Gasteiger partial charge in [0, 0.05) is 18.3 Å². The molecule has 1 aromatic heterocycles. The van der Waals surface area contributed by atoms with Crippen LogP contribution in [0.2, 0.25) is 0 Å². The smallest absolute Gasteiger partial charge is 0.255 e. The van der Waals surface area contributed by atoms with E-state index in [1.165, 1.54) is 0 Å². The average Bonchev–Trinajstić information content (AvgIpc) is 2.43. The molecular formula is C17H22N2O. The Hall–Kier alpha value is -1.87. The Bertz CT molecular complexity index is 658. The van der Waals surface area contributed by atoms with Crippen LogP contribution in [0.4, 0.5) is 0 Å². The highest BCUT2D eigenvalue weighted by Crippen LogP contribution is 2.21. The minimum Gasteiger partial charge on any atom is -0.320 e. The van der Waals surface area contributed by atoms with Crippen molar-refractivity contribution in [1.82, 2.24) is 4.57 Å². The summed E-state index contributed by atoms with van der Waals surface area (Å²) in [6.07, 6.45) is 2.76. The molecule has 0 aliphatic heterocycles. The molecule has 3 nitrogen and oxygen atoms in total. The van der Waals surface area contributed by atoms with Crippen LogP contribution in [0, 0.1) is 13.8 Å². The number of nitrogens with two attached hydrogens (primary N) is 1. The van der Waals surface area contributed by atoms with Gasteiger partial charge in [0.2, 0.25) is 0 Å². The highest BCUT2D eigenvalue weighted by molar-refractivity contribution is 5.38. The van der Waals surface area contributed by atoms with Gasteiger partial charge in [0.05, 0.1) is 6.04 Å². The lowest BCUT2D eigenvalue weighted by Gasteiger charge is -2.16. The lowest BCUT2D eigenvalue weighted by molar-refractivity contribution is 0.640. The van der Waals surface area contributed by atoms with E-state index >= 15 is 0 Å². The highest BCUT2D eigenvalue weighted by atomic mass is 16.1. The fourth-order valence-electron chi connectivity index (χ4n) is 2.47. The highest BCUT2D eigenvalue weighted by Gasteiger charge is 2.15. The van der Waals surface area contributed by atoms with Crippen molar-refractivity contribution in [1.29, 1.82) is 0 Å². The predicted octanol–water partition coefficient (Wildman–Crippen LogP) is 2.92. The molecule has 2 N–H and O–H groups in total. The predicted molar refractivity (Wildman–Crippen MR) is 82.9 cm³/mol. The van der Waals surface area contributed by atoms with Crippen LogP contribution in [0.15, 0.2) is 41.3 Å². The van der Waals surface area contributed by atoms with Crippen molar-refractivity contribution in [3.63, 3.8) is 0 Å². The number of pyridine rings is 1. The van der Waals surface area contributed by atoms with E-state index in [0.29, 0.717) is 5.56 Å². The zero-order chi connectivity index (χ0) is 14.7. The molecule has 0 radical (unpaired) electrons. The fraction of sp³-hybridized carbons (Fsp3) is 0.353. The lowest BCUT2D eigenvalue weighted by atomic mass is 9.95. The molecule has 1 atom stereocenters. The van der Waals surface area contributed by atoms with Gasteiger partial charge in [0.15, 0.2) is 0 Å². The molecular weight excluding hydrogens is 248 g/mol. The summed E-state index contributed by atoms with van der Waals surface area (Å²) in [5.41, 5.74) is 10.3. The molecule has 0 bridgehead atoms. The van der Waals surface area contributed by atoms with Crippen LogP contribution >= 0.6 is 0 Å². The van der Waals surface area contributed by atoms with Gasteiger partial charge < -0.3 is 10.3 Å². The van der Waals surface area contributed by atoms with Gasteiger partial charge in [-0.15, -0.1) is 0 Å². The molecule has 0 amide bonds. The summed E-state index contributed by atoms with van der Waals surface area (Å²) in [6.45, 7) is 6.86. The summed E-state index contributed by atoms with van der Waals surface area (Å²) in [6, 6.07) is 9.55. The van der Waals surface area contributed by atoms with Crippen molar-refractivity contribution in [3.8, 4) is 0 Å². The van der Waals surface area contributed by atoms with Gasteiger partial charge in [-0.25, -0.2) is 0 Å². The second-order valence-corrected chi connectivity index (χ2v) is 5.30. The third-order valence-corrected chi connectivity index (χ3v) is 3.62. The van der Waals surface area contributed by atoms with Crippen molar-refractivity contribution >= 4 is 0 Å². The van der Waals surface area contributed by atoms with Crippen molar-refractivity contribution in [3.05, 3.63) is 69.1 Å². The van der Waals surface area contributed by atoms with Crippen LogP contribution in [-0.4, -0.2) is 4.57 Å². The van der Waals surface area contributed by atoms with Crippen molar-refractivity contribution < 1.29 is 0 Å². The maximum atomic E-state index is 12.5. The van der Waals surface area contributed by atoms with E-state index in [0.717, 1.165) is 29.7 Å². The summed E-state index contributed by atoms with van der Waals surface area (Å²) >= 11 is 0. The normalized spacial score (nSPS) is 12.4. The fourth-order valence-corrected chi connectivity index (χ4v) is 2.47. The van der Waals surface area contributed by atoms with Crippen LogP contribution in [0.25, 0.3) is 0 Å². The van der Waals surface area contributed by atoms with Gasteiger partial charge in [-0.1, -0.05) is 36.8 Å². The molecule has 0 fully saturated rings. The number of rotatable bonds is 4. The molecule has 106 valence electrons. The maximum absolute atomic E-state index is 12.5. The average molecular weight is 270 g/mol. The summed E-state index contributed by atoms with van der Waals surface area (Å²) in [4.78, 5) is 12.5. The van der Waals surface area contributed by atoms with Crippen LogP contribution in [0.5, 0.6) is 0 Å². The van der Waals surface area contributed by atoms with E-state index in [9.17, 15) is 4.79 Å². The quantitative estimate of drug-likeness (QED) is 0.928. The Labute approximate surface area is 120 Å². The molecule has 20 heavy (non-hydrogen) atoms. The van der Waals surface area contributed by atoms with Gasteiger partial charge >= 0.3 is 0 Å². The summed E-state index contributed by atoms with van der Waals surface area (Å²) in [7, 11) is 0. The third kappa shape index (κ3) is 2.83. The largest absolute Gasteiger partial charge is 0.320 e. The van der Waals surface area contributed by atoms with Gasteiger partial charge in [0.1, 0.15) is 0 Å². The van der Waals surface area contributed by atoms with E-state index in [1.807, 2.05) is 32.2 Å². The molecule has 1 heterocycles. The number of hydrogen-bond acceptors (Lipinski definition) is 2. The minimum atomic E-state index is -0.369. The molecule has 0 saturated carbocycles. The summed E-state index contributed by atoms with van der Waals surface area (Å²) in [5.74, 6) is 0. The minimum absolute atomic E-state index is 0.0164. The standard InChI is InChI=1S/C17H22N2O/c1-4-9-19-10-5-6-14(17(19)20)16(18)15-11-12(2)7-8-13(15)3/h5-8,10-11,16H,4,9,18H2,1-3H3. The number of nitrogens with zero attached hydrogens (tertiary/aromatic N) is 1. The number of aryl methyl sites for hydroxylation is 3. The van der Waals surface area contributed by atoms with Crippen molar-refractivity contribution in [2.45, 2.75) is 39.8 Å². The third-order valence-electron chi connectivity index (χ3n) is 3.62. The van der Waals surface area contributed by atoms with Crippen LogP contribution < -0.4 is 11.3 Å². The summed E-state index contributed by atoms with van der Waals surface area (Å²) < 4.78 is 1.74. The van der Waals surface area contributed by atoms with E-state index in [2.05, 4.69) is 25.1 Å². The number of hydrogen-bond donors (Lipinski definition) is 1. The van der Waals surface area contributed by atoms with Gasteiger partial charge in [-0.2, -0.15) is 0 Å². The molecule has 1 unspecified atom stereocenters. The van der Waals surface area contributed by atoms with E-state index < -0.39 is 0 Å². The second-order valence-electron chi connectivity index (χ2n) is 5.30. The SMILES string of the molecule is CCCn1cccc(C(N)c2cc(C)ccc2C)c1=O. The Morgan fingerprint density at radius 2 is 1.95 bits per heavy atom. The monoisotopic (exact) mass is 270 g/mol. The summed E-state index contributed by atoms with van der Waals surface area (Å²) in [5, 5.41) is 0. The van der Waals surface area contributed by atoms with Gasteiger partial charge in [-0.05, 0) is 37.5 Å². The van der Waals surface area contributed by atoms with Gasteiger partial charge in [-0.3, -0.25) is 4.79 Å². The first kappa shape index (κ1) is 14.5. The van der Waals surface area contributed by atoms with Crippen LogP contribution in [0.3, 0.4) is 0 Å². The maximum Gasteiger partial charge on any atom is 0.255 e. The molecule has 1 aromatic carbocycles. The molecule has 0 spiro atoms. The topological polar surface area (TPSA) is 48.0 Å². The zero-order valence-corrected chi connectivity index (χ0v) is 12.4. The first-order chi connectivity index (χ1) is 9.54. The molecule has 2 aromatic rings. The Kier molecular flexibility index (Phi) is 4.40. The van der Waals surface area contributed by atoms with E-state index in [4.69, 9.17) is 5.73 Å². The molecule has 0 aliphatic carbocycles. The first-order valence-corrected chi connectivity index (χ1v) is 7.06. The van der Waals surface area contributed by atoms with Crippen molar-refractivity contribution in [2.75, 3.05) is 0 Å². The number of aromatic nitrogens is 1. The molecule has 2 rings (SSSR count). The van der Waals surface area contributed by atoms with Crippen LogP contribution in [-0.2, 0) is 6.54 Å². The van der Waals surface area contributed by atoms with Gasteiger partial charge in [0.25, 0.3) is 5.56 Å². The second kappa shape index (κ2) is 6.06. The molecule has 0 saturated heterocycles. The zero-order valence-electron chi connectivity index (χ0n) is 12.4. The lowest BCUT2D eigenvalue weighted by Crippen LogP contribution is -2.28. The first-order valence-electron chi connectivity index (χ1n) is 7.06. The Balaban J connectivity index is 2.48. The van der Waals surface area contributed by atoms with E-state index in [1.54, 1.807) is 4.57 Å². The number of benzene rings is 1. The van der Waals surface area contributed by atoms with Crippen LogP contribution in [0.1, 0.15) is 41.6 Å². The molecule has 0 aliphatic rings. The Morgan fingerprint density at radius 1 is 1.20 bits per heavy atom. The Morgan fingerprint density at radius 3 is 2.65 bits per heavy atom. The van der Waals surface area contributed by atoms with Crippen molar-refractivity contribution in [2.24, 2.45) is 5.73 Å². The van der Waals surface area contributed by atoms with E-state index in [-0.39, 0.29) is 11.6 Å².